The van der Waals surface area contributed by atoms with Gasteiger partial charge in [-0.1, -0.05) is 19.9 Å². The number of fused-ring (bicyclic) bond motifs is 3. The van der Waals surface area contributed by atoms with Crippen LogP contribution in [-0.2, 0) is 24.7 Å². The number of benzene rings is 1. The van der Waals surface area contributed by atoms with Crippen molar-refractivity contribution in [2.75, 3.05) is 11.4 Å². The number of hydrogen-bond donors (Lipinski definition) is 0. The second kappa shape index (κ2) is 5.86. The first-order chi connectivity index (χ1) is 11.7. The first-order valence-electron chi connectivity index (χ1n) is 8.60. The second-order valence-electron chi connectivity index (χ2n) is 7.14. The Morgan fingerprint density at radius 2 is 1.84 bits per heavy atom. The van der Waals surface area contributed by atoms with E-state index in [4.69, 9.17) is 4.74 Å². The minimum absolute atomic E-state index is 0.137. The predicted molar refractivity (Wildman–Crippen MR) is 92.9 cm³/mol. The maximum absolute atomic E-state index is 12.4. The Labute approximate surface area is 147 Å². The van der Waals surface area contributed by atoms with Crippen molar-refractivity contribution < 1.29 is 19.1 Å². The number of carbonyl (C=O) groups is 3. The molecule has 0 spiro atoms. The van der Waals surface area contributed by atoms with Crippen LogP contribution in [0.4, 0.5) is 5.69 Å². The van der Waals surface area contributed by atoms with Crippen LogP contribution in [-0.4, -0.2) is 35.4 Å². The van der Waals surface area contributed by atoms with E-state index in [1.54, 1.807) is 9.80 Å². The van der Waals surface area contributed by atoms with Crippen molar-refractivity contribution >= 4 is 23.5 Å². The fourth-order valence-electron chi connectivity index (χ4n) is 4.09. The van der Waals surface area contributed by atoms with E-state index in [2.05, 4.69) is 13.8 Å². The summed E-state index contributed by atoms with van der Waals surface area (Å²) >= 11 is 0. The molecule has 2 aliphatic heterocycles. The summed E-state index contributed by atoms with van der Waals surface area (Å²) in [5, 5.41) is 0. The van der Waals surface area contributed by atoms with Gasteiger partial charge in [-0.15, -0.1) is 0 Å². The zero-order valence-electron chi connectivity index (χ0n) is 15.3. The van der Waals surface area contributed by atoms with Gasteiger partial charge >= 0.3 is 5.97 Å². The Morgan fingerprint density at radius 3 is 2.36 bits per heavy atom. The van der Waals surface area contributed by atoms with Crippen molar-refractivity contribution in [3.63, 3.8) is 0 Å². The third-order valence-corrected chi connectivity index (χ3v) is 5.15. The maximum Gasteiger partial charge on any atom is 0.303 e. The molecule has 2 amide bonds. The van der Waals surface area contributed by atoms with E-state index in [-0.39, 0.29) is 11.8 Å². The molecule has 0 saturated carbocycles. The number of rotatable bonds is 2. The number of amides is 2. The largest absolute Gasteiger partial charge is 0.450 e. The zero-order valence-corrected chi connectivity index (χ0v) is 15.3. The summed E-state index contributed by atoms with van der Waals surface area (Å²) in [4.78, 5) is 39.7. The van der Waals surface area contributed by atoms with Gasteiger partial charge < -0.3 is 9.64 Å². The Kier molecular flexibility index (Phi) is 4.09. The predicted octanol–water partition coefficient (Wildman–Crippen LogP) is 2.51. The Balaban J connectivity index is 2.25. The summed E-state index contributed by atoms with van der Waals surface area (Å²) in [5.74, 6) is -0.426. The highest BCUT2D eigenvalue weighted by Crippen LogP contribution is 2.53. The average molecular weight is 344 g/mol. The van der Waals surface area contributed by atoms with Crippen molar-refractivity contribution in [3.8, 4) is 0 Å². The highest BCUT2D eigenvalue weighted by molar-refractivity contribution is 5.97. The number of nitrogens with zero attached hydrogens (tertiary/aromatic N) is 2. The normalized spacial score (nSPS) is 24.3. The molecule has 0 radical (unpaired) electrons. The zero-order chi connectivity index (χ0) is 18.5. The van der Waals surface area contributed by atoms with Gasteiger partial charge in [-0.2, -0.15) is 0 Å². The van der Waals surface area contributed by atoms with Crippen LogP contribution in [0.15, 0.2) is 18.2 Å². The third-order valence-electron chi connectivity index (χ3n) is 5.15. The lowest BCUT2D eigenvalue weighted by atomic mass is 9.89. The standard InChI is InChI=1S/C19H24N2O4/c1-11(2)15-6-7-17-16(10-15)19(25-14(5)24)8-9-20(12(3)22)18(19)21(17)13(4)23/h6-7,10-11,18H,8-9H2,1-5H3/t18-,19-/m1/s1. The molecule has 1 aromatic carbocycles. The lowest BCUT2D eigenvalue weighted by Gasteiger charge is -2.35. The molecule has 1 fully saturated rings. The van der Waals surface area contributed by atoms with Gasteiger partial charge in [-0.05, 0) is 23.6 Å². The first-order valence-corrected chi connectivity index (χ1v) is 8.60. The molecule has 2 aliphatic rings. The summed E-state index contributed by atoms with van der Waals surface area (Å²) in [6, 6.07) is 5.90. The Bertz CT molecular complexity index is 758. The lowest BCUT2D eigenvalue weighted by molar-refractivity contribution is -0.162. The quantitative estimate of drug-likeness (QED) is 0.773. The third kappa shape index (κ3) is 2.51. The molecular formula is C19H24N2O4. The van der Waals surface area contributed by atoms with Crippen LogP contribution < -0.4 is 4.90 Å². The van der Waals surface area contributed by atoms with Crippen molar-refractivity contribution in [1.82, 2.24) is 4.90 Å². The smallest absolute Gasteiger partial charge is 0.303 e. The number of carbonyl (C=O) groups excluding carboxylic acids is 3. The van der Waals surface area contributed by atoms with Gasteiger partial charge in [0.15, 0.2) is 11.8 Å². The molecule has 0 aromatic heterocycles. The van der Waals surface area contributed by atoms with E-state index < -0.39 is 17.7 Å². The molecule has 25 heavy (non-hydrogen) atoms. The summed E-state index contributed by atoms with van der Waals surface area (Å²) in [6.07, 6.45) is -0.140. The lowest BCUT2D eigenvalue weighted by Crippen LogP contribution is -2.54. The fraction of sp³-hybridized carbons (Fsp3) is 0.526. The van der Waals surface area contributed by atoms with E-state index in [9.17, 15) is 14.4 Å². The summed E-state index contributed by atoms with van der Waals surface area (Å²) < 4.78 is 5.82. The SMILES string of the molecule is CC(=O)O[C@@]12CCN(C(C)=O)[C@@H]1N(C(C)=O)c1ccc(C(C)C)cc12. The summed E-state index contributed by atoms with van der Waals surface area (Å²) in [6.45, 7) is 8.94. The van der Waals surface area contributed by atoms with Gasteiger partial charge in [0.1, 0.15) is 0 Å². The molecule has 0 unspecified atom stereocenters. The minimum Gasteiger partial charge on any atom is -0.450 e. The maximum atomic E-state index is 12.4. The van der Waals surface area contributed by atoms with E-state index >= 15 is 0 Å². The van der Waals surface area contributed by atoms with Crippen LogP contribution in [0.5, 0.6) is 0 Å². The average Bonchev–Trinajstić information content (AvgIpc) is 2.98. The molecule has 0 aliphatic carbocycles. The summed E-state index contributed by atoms with van der Waals surface area (Å²) in [7, 11) is 0. The highest BCUT2D eigenvalue weighted by Gasteiger charge is 2.62. The fourth-order valence-corrected chi connectivity index (χ4v) is 4.09. The van der Waals surface area contributed by atoms with Gasteiger partial charge in [-0.25, -0.2) is 0 Å². The number of hydrogen-bond acceptors (Lipinski definition) is 4. The monoisotopic (exact) mass is 344 g/mol. The number of likely N-dealkylation sites (tertiary alicyclic amines) is 1. The van der Waals surface area contributed by atoms with Crippen LogP contribution in [0, 0.1) is 0 Å². The Morgan fingerprint density at radius 1 is 1.16 bits per heavy atom. The highest BCUT2D eigenvalue weighted by atomic mass is 16.6. The van der Waals surface area contributed by atoms with Crippen LogP contribution in [0.2, 0.25) is 0 Å². The van der Waals surface area contributed by atoms with E-state index in [0.29, 0.717) is 24.6 Å². The Hall–Kier alpha value is -2.37. The molecule has 3 rings (SSSR count). The molecule has 134 valence electrons. The molecule has 0 N–H and O–H groups in total. The van der Waals surface area contributed by atoms with Crippen LogP contribution in [0.1, 0.15) is 58.1 Å². The molecule has 0 bridgehead atoms. The van der Waals surface area contributed by atoms with Gasteiger partial charge in [0.25, 0.3) is 0 Å². The van der Waals surface area contributed by atoms with Crippen molar-refractivity contribution in [3.05, 3.63) is 29.3 Å². The van der Waals surface area contributed by atoms with Crippen LogP contribution >= 0.6 is 0 Å². The second-order valence-corrected chi connectivity index (χ2v) is 7.14. The van der Waals surface area contributed by atoms with E-state index in [0.717, 1.165) is 11.1 Å². The van der Waals surface area contributed by atoms with Crippen LogP contribution in [0.25, 0.3) is 0 Å². The van der Waals surface area contributed by atoms with Gasteiger partial charge in [0.05, 0.1) is 5.69 Å². The number of esters is 1. The molecule has 1 saturated heterocycles. The number of ether oxygens (including phenoxy) is 1. The van der Waals surface area contributed by atoms with Gasteiger partial charge in [0, 0.05) is 39.3 Å². The molecule has 2 atom stereocenters. The van der Waals surface area contributed by atoms with Gasteiger partial charge in [-0.3, -0.25) is 19.3 Å². The molecule has 6 heteroatoms. The van der Waals surface area contributed by atoms with Crippen LogP contribution in [0.3, 0.4) is 0 Å². The molecular weight excluding hydrogens is 320 g/mol. The number of anilines is 1. The molecule has 6 nitrogen and oxygen atoms in total. The molecule has 2 heterocycles. The van der Waals surface area contributed by atoms with Crippen molar-refractivity contribution in [2.45, 2.75) is 58.7 Å². The van der Waals surface area contributed by atoms with E-state index in [1.165, 1.54) is 20.8 Å². The minimum atomic E-state index is -0.997. The van der Waals surface area contributed by atoms with Gasteiger partial charge in [0.2, 0.25) is 11.8 Å². The van der Waals surface area contributed by atoms with Crippen molar-refractivity contribution in [2.24, 2.45) is 0 Å². The summed E-state index contributed by atoms with van der Waals surface area (Å²) in [5.41, 5.74) is 1.64. The van der Waals surface area contributed by atoms with Crippen molar-refractivity contribution in [1.29, 1.82) is 0 Å². The topological polar surface area (TPSA) is 66.9 Å². The van der Waals surface area contributed by atoms with E-state index in [1.807, 2.05) is 18.2 Å². The molecule has 1 aromatic rings. The first kappa shape index (κ1) is 17.5.